The van der Waals surface area contributed by atoms with Crippen molar-refractivity contribution in [1.29, 1.82) is 0 Å². The van der Waals surface area contributed by atoms with Crippen molar-refractivity contribution >= 4 is 0 Å². The number of aliphatic hydroxyl groups excluding tert-OH is 2. The predicted octanol–water partition coefficient (Wildman–Crippen LogP) is 1.95. The Morgan fingerprint density at radius 2 is 1.69 bits per heavy atom. The molecule has 0 aliphatic rings. The van der Waals surface area contributed by atoms with Gasteiger partial charge in [0.25, 0.3) is 0 Å². The molecule has 0 spiro atoms. The first-order valence-corrected chi connectivity index (χ1v) is 5.36. The molecule has 0 fully saturated rings. The maximum Gasteiger partial charge on any atom is 0.115 e. The highest BCUT2D eigenvalue weighted by Gasteiger charge is 1.98. The minimum atomic E-state index is -0.812. The van der Waals surface area contributed by atoms with Crippen LogP contribution in [0.3, 0.4) is 0 Å². The van der Waals surface area contributed by atoms with Gasteiger partial charge in [0.1, 0.15) is 12.7 Å². The molecule has 3 nitrogen and oxygen atoms in total. The third-order valence-corrected chi connectivity index (χ3v) is 1.60. The predicted molar refractivity (Wildman–Crippen MR) is 65.9 cm³/mol. The summed E-state index contributed by atoms with van der Waals surface area (Å²) in [5.74, 6) is 0. The molecule has 90 valence electrons. The highest BCUT2D eigenvalue weighted by molar-refractivity contribution is 5.14. The van der Waals surface area contributed by atoms with Gasteiger partial charge < -0.3 is 14.9 Å². The van der Waals surface area contributed by atoms with E-state index in [-0.39, 0.29) is 13.2 Å². The van der Waals surface area contributed by atoms with Crippen LogP contribution in [0.2, 0.25) is 0 Å². The Labute approximate surface area is 97.1 Å². The number of hydrogen-bond donors (Lipinski definition) is 2. The maximum absolute atomic E-state index is 8.94. The zero-order chi connectivity index (χ0) is 12.1. The molecule has 0 heterocycles. The zero-order valence-electron chi connectivity index (χ0n) is 9.62. The minimum absolute atomic E-state index is 0.107. The first kappa shape index (κ1) is 14.7. The zero-order valence-corrected chi connectivity index (χ0v) is 9.62. The smallest absolute Gasteiger partial charge is 0.115 e. The molecular formula is C13H20O3. The Balaban J connectivity index is 3.55. The molecule has 0 radical (unpaired) electrons. The molecule has 0 amide bonds. The van der Waals surface area contributed by atoms with E-state index < -0.39 is 6.10 Å². The Hall–Kier alpha value is -1.32. The van der Waals surface area contributed by atoms with Crippen LogP contribution in [-0.2, 0) is 4.74 Å². The molecular weight excluding hydrogens is 204 g/mol. The second kappa shape index (κ2) is 11.8. The summed E-state index contributed by atoms with van der Waals surface area (Å²) in [5, 5.41) is 17.4. The number of allylic oxidation sites excluding steroid dienone is 7. The fraction of sp³-hybridized carbons (Fsp3) is 0.385. The van der Waals surface area contributed by atoms with Gasteiger partial charge in [0, 0.05) is 0 Å². The number of rotatable bonds is 8. The van der Waals surface area contributed by atoms with E-state index in [1.54, 1.807) is 6.08 Å². The third-order valence-electron chi connectivity index (χ3n) is 1.60. The third kappa shape index (κ3) is 10.8. The van der Waals surface area contributed by atoms with Crippen LogP contribution in [0.25, 0.3) is 0 Å². The second-order valence-electron chi connectivity index (χ2n) is 3.10. The van der Waals surface area contributed by atoms with Crippen molar-refractivity contribution in [2.45, 2.75) is 19.4 Å². The highest BCUT2D eigenvalue weighted by atomic mass is 16.5. The van der Waals surface area contributed by atoms with Gasteiger partial charge in [0.15, 0.2) is 0 Å². The Kier molecular flexibility index (Phi) is 10.8. The van der Waals surface area contributed by atoms with Gasteiger partial charge in [-0.05, 0) is 12.5 Å². The van der Waals surface area contributed by atoms with Crippen LogP contribution in [0.15, 0.2) is 48.8 Å². The molecule has 2 N–H and O–H groups in total. The molecule has 0 saturated carbocycles. The Morgan fingerprint density at radius 3 is 2.31 bits per heavy atom. The van der Waals surface area contributed by atoms with Crippen LogP contribution in [0.5, 0.6) is 0 Å². The normalized spacial score (nSPS) is 14.7. The molecule has 16 heavy (non-hydrogen) atoms. The Morgan fingerprint density at radius 1 is 1.06 bits per heavy atom. The molecule has 0 aromatic carbocycles. The SMILES string of the molecule is CC\C=C/C=C\C=C/C=C\OCC(O)CO. The highest BCUT2D eigenvalue weighted by Crippen LogP contribution is 1.87. The van der Waals surface area contributed by atoms with E-state index in [2.05, 4.69) is 13.0 Å². The van der Waals surface area contributed by atoms with Gasteiger partial charge in [-0.2, -0.15) is 0 Å². The topological polar surface area (TPSA) is 49.7 Å². The second-order valence-corrected chi connectivity index (χ2v) is 3.10. The maximum atomic E-state index is 8.94. The van der Waals surface area contributed by atoms with Gasteiger partial charge in [-0.1, -0.05) is 43.4 Å². The van der Waals surface area contributed by atoms with E-state index in [1.165, 1.54) is 6.26 Å². The Bertz CT molecular complexity index is 252. The van der Waals surface area contributed by atoms with Gasteiger partial charge in [-0.3, -0.25) is 0 Å². The first-order chi connectivity index (χ1) is 7.81. The quantitative estimate of drug-likeness (QED) is 0.489. The summed E-state index contributed by atoms with van der Waals surface area (Å²) in [4.78, 5) is 0. The lowest BCUT2D eigenvalue weighted by atomic mass is 10.3. The molecule has 1 unspecified atom stereocenters. The van der Waals surface area contributed by atoms with Crippen molar-refractivity contribution in [3.63, 3.8) is 0 Å². The lowest BCUT2D eigenvalue weighted by Crippen LogP contribution is -2.17. The molecule has 0 aromatic heterocycles. The van der Waals surface area contributed by atoms with Crippen LogP contribution in [0.4, 0.5) is 0 Å². The summed E-state index contributed by atoms with van der Waals surface area (Å²) >= 11 is 0. The summed E-state index contributed by atoms with van der Waals surface area (Å²) in [6, 6.07) is 0. The van der Waals surface area contributed by atoms with E-state index in [9.17, 15) is 0 Å². The van der Waals surface area contributed by atoms with Crippen LogP contribution < -0.4 is 0 Å². The van der Waals surface area contributed by atoms with Crippen LogP contribution >= 0.6 is 0 Å². The standard InChI is InChI=1S/C13H20O3/c1-2-3-4-5-6-7-8-9-10-16-12-13(15)11-14/h3-10,13-15H,2,11-12H2,1H3/b4-3-,6-5-,8-7-,10-9-. The van der Waals surface area contributed by atoms with E-state index >= 15 is 0 Å². The van der Waals surface area contributed by atoms with Gasteiger partial charge in [-0.15, -0.1) is 0 Å². The number of aliphatic hydroxyl groups is 2. The number of ether oxygens (including phenoxy) is 1. The van der Waals surface area contributed by atoms with Gasteiger partial charge >= 0.3 is 0 Å². The number of hydrogen-bond acceptors (Lipinski definition) is 3. The fourth-order valence-electron chi connectivity index (χ4n) is 0.792. The molecule has 0 aromatic rings. The molecule has 0 aliphatic heterocycles. The summed E-state index contributed by atoms with van der Waals surface area (Å²) in [6.45, 7) is 1.91. The first-order valence-electron chi connectivity index (χ1n) is 5.36. The summed E-state index contributed by atoms with van der Waals surface area (Å²) in [5.41, 5.74) is 0. The van der Waals surface area contributed by atoms with Gasteiger partial charge in [0.05, 0.1) is 12.9 Å². The minimum Gasteiger partial charge on any atom is -0.498 e. The van der Waals surface area contributed by atoms with Crippen molar-refractivity contribution in [1.82, 2.24) is 0 Å². The summed E-state index contributed by atoms with van der Waals surface area (Å²) < 4.78 is 4.95. The lowest BCUT2D eigenvalue weighted by molar-refractivity contribution is 0.0384. The summed E-state index contributed by atoms with van der Waals surface area (Å²) in [7, 11) is 0. The fourth-order valence-corrected chi connectivity index (χ4v) is 0.792. The van der Waals surface area contributed by atoms with Crippen LogP contribution in [-0.4, -0.2) is 29.5 Å². The van der Waals surface area contributed by atoms with Gasteiger partial charge in [-0.25, -0.2) is 0 Å². The average Bonchev–Trinajstić information content (AvgIpc) is 2.31. The van der Waals surface area contributed by atoms with E-state index in [4.69, 9.17) is 14.9 Å². The van der Waals surface area contributed by atoms with E-state index in [1.807, 2.05) is 30.4 Å². The van der Waals surface area contributed by atoms with E-state index in [0.29, 0.717) is 0 Å². The van der Waals surface area contributed by atoms with Gasteiger partial charge in [0.2, 0.25) is 0 Å². The van der Waals surface area contributed by atoms with Crippen molar-refractivity contribution in [3.05, 3.63) is 48.8 Å². The summed E-state index contributed by atoms with van der Waals surface area (Å²) in [6.07, 6.45) is 15.0. The van der Waals surface area contributed by atoms with Crippen LogP contribution in [0.1, 0.15) is 13.3 Å². The largest absolute Gasteiger partial charge is 0.498 e. The van der Waals surface area contributed by atoms with Crippen molar-refractivity contribution in [3.8, 4) is 0 Å². The molecule has 0 rings (SSSR count). The monoisotopic (exact) mass is 224 g/mol. The molecule has 0 aliphatic carbocycles. The van der Waals surface area contributed by atoms with Crippen molar-refractivity contribution in [2.75, 3.05) is 13.2 Å². The van der Waals surface area contributed by atoms with Crippen molar-refractivity contribution < 1.29 is 14.9 Å². The van der Waals surface area contributed by atoms with Crippen LogP contribution in [0, 0.1) is 0 Å². The average molecular weight is 224 g/mol. The molecule has 0 saturated heterocycles. The molecule has 0 bridgehead atoms. The van der Waals surface area contributed by atoms with Crippen molar-refractivity contribution in [2.24, 2.45) is 0 Å². The molecule has 3 heteroatoms. The lowest BCUT2D eigenvalue weighted by Gasteiger charge is -2.04. The molecule has 1 atom stereocenters. The van der Waals surface area contributed by atoms with E-state index in [0.717, 1.165) is 6.42 Å².